The Morgan fingerprint density at radius 3 is 2.53 bits per heavy atom. The lowest BCUT2D eigenvalue weighted by molar-refractivity contribution is -0.123. The normalized spacial score (nSPS) is 14.4. The molecule has 0 aliphatic heterocycles. The topological polar surface area (TPSA) is 99.4 Å². The highest BCUT2D eigenvalue weighted by atomic mass is 16.3. The van der Waals surface area contributed by atoms with Crippen molar-refractivity contribution in [2.75, 3.05) is 33.7 Å². The zero-order chi connectivity index (χ0) is 13.1. The number of rotatable bonds is 10. The van der Waals surface area contributed by atoms with Gasteiger partial charge in [0, 0.05) is 13.1 Å². The third kappa shape index (κ3) is 8.09. The summed E-state index contributed by atoms with van der Waals surface area (Å²) >= 11 is 0. The fourth-order valence-corrected chi connectivity index (χ4v) is 1.55. The summed E-state index contributed by atoms with van der Waals surface area (Å²) in [7, 11) is 3.52. The number of aliphatic hydroxyl groups is 1. The van der Waals surface area contributed by atoms with Crippen LogP contribution in [0.25, 0.3) is 0 Å². The summed E-state index contributed by atoms with van der Waals surface area (Å²) < 4.78 is 0. The number of unbranched alkanes of at least 4 members (excludes halogenated alkanes) is 1. The molecule has 0 aromatic carbocycles. The monoisotopic (exact) mass is 246 g/mol. The molecule has 1 unspecified atom stereocenters. The van der Waals surface area contributed by atoms with Gasteiger partial charge in [0.25, 0.3) is 0 Å². The molecule has 0 heterocycles. The molecule has 102 valence electrons. The summed E-state index contributed by atoms with van der Waals surface area (Å²) in [6, 6.07) is -0.205. The van der Waals surface area contributed by atoms with Crippen LogP contribution in [-0.4, -0.2) is 56.9 Å². The Kier molecular flexibility index (Phi) is 10.0. The predicted octanol–water partition coefficient (Wildman–Crippen LogP) is -1.60. The molecule has 6 N–H and O–H groups in total. The molecule has 0 spiro atoms. The van der Waals surface area contributed by atoms with Gasteiger partial charge in [-0.1, -0.05) is 6.42 Å². The van der Waals surface area contributed by atoms with Gasteiger partial charge in [-0.3, -0.25) is 4.79 Å². The quantitative estimate of drug-likeness (QED) is 0.299. The average Bonchev–Trinajstić information content (AvgIpc) is 2.32. The summed E-state index contributed by atoms with van der Waals surface area (Å²) in [5, 5.41) is 18.0. The van der Waals surface area contributed by atoms with E-state index in [-0.39, 0.29) is 18.5 Å². The van der Waals surface area contributed by atoms with Gasteiger partial charge in [0.2, 0.25) is 5.91 Å². The lowest BCUT2D eigenvalue weighted by Crippen LogP contribution is -2.46. The first kappa shape index (κ1) is 16.3. The maximum atomic E-state index is 11.7. The minimum atomic E-state index is -0.550. The van der Waals surface area contributed by atoms with Crippen molar-refractivity contribution in [1.82, 2.24) is 16.0 Å². The Hall–Kier alpha value is -0.690. The van der Waals surface area contributed by atoms with Gasteiger partial charge in [-0.25, -0.2) is 0 Å². The molecule has 0 fully saturated rings. The molecule has 0 saturated heterocycles. The zero-order valence-electron chi connectivity index (χ0n) is 10.8. The smallest absolute Gasteiger partial charge is 0.237 e. The largest absolute Gasteiger partial charge is 0.390 e. The van der Waals surface area contributed by atoms with Crippen molar-refractivity contribution in [3.63, 3.8) is 0 Å². The van der Waals surface area contributed by atoms with Crippen LogP contribution in [0.4, 0.5) is 0 Å². The number of likely N-dealkylation sites (N-methyl/N-ethyl adjacent to an activating group) is 2. The predicted molar refractivity (Wildman–Crippen MR) is 68.7 cm³/mol. The molecule has 0 aromatic heterocycles. The van der Waals surface area contributed by atoms with E-state index in [0.29, 0.717) is 13.1 Å². The van der Waals surface area contributed by atoms with Crippen molar-refractivity contribution in [2.45, 2.75) is 31.4 Å². The molecule has 0 aromatic rings. The number of nitrogens with one attached hydrogen (secondary N) is 3. The minimum absolute atomic E-state index is 0.0697. The van der Waals surface area contributed by atoms with Gasteiger partial charge in [-0.2, -0.15) is 0 Å². The second-order valence-corrected chi connectivity index (χ2v) is 4.08. The Morgan fingerprint density at radius 1 is 1.29 bits per heavy atom. The van der Waals surface area contributed by atoms with E-state index in [4.69, 9.17) is 5.73 Å². The number of hydrogen-bond donors (Lipinski definition) is 5. The van der Waals surface area contributed by atoms with E-state index in [0.717, 1.165) is 19.3 Å². The lowest BCUT2D eigenvalue weighted by atomic mass is 10.1. The van der Waals surface area contributed by atoms with E-state index < -0.39 is 6.10 Å². The van der Waals surface area contributed by atoms with Crippen molar-refractivity contribution >= 4 is 5.91 Å². The van der Waals surface area contributed by atoms with E-state index in [1.54, 1.807) is 14.1 Å². The summed E-state index contributed by atoms with van der Waals surface area (Å²) in [6.45, 7) is 1.39. The Bertz CT molecular complexity index is 202. The Labute approximate surface area is 103 Å². The van der Waals surface area contributed by atoms with E-state index >= 15 is 0 Å². The van der Waals surface area contributed by atoms with E-state index in [1.807, 2.05) is 0 Å². The second-order valence-electron chi connectivity index (χ2n) is 4.08. The first-order valence-electron chi connectivity index (χ1n) is 6.13. The molecule has 2 atom stereocenters. The van der Waals surface area contributed by atoms with Crippen LogP contribution < -0.4 is 21.7 Å². The maximum absolute atomic E-state index is 11.7. The van der Waals surface area contributed by atoms with Crippen molar-refractivity contribution in [1.29, 1.82) is 0 Å². The fraction of sp³-hybridized carbons (Fsp3) is 0.909. The molecule has 0 aliphatic rings. The number of amides is 1. The molecule has 0 radical (unpaired) electrons. The highest BCUT2D eigenvalue weighted by Gasteiger charge is 2.16. The van der Waals surface area contributed by atoms with Gasteiger partial charge >= 0.3 is 0 Å². The summed E-state index contributed by atoms with van der Waals surface area (Å²) in [6.07, 6.45) is 2.06. The molecular formula is C11H26N4O2. The molecule has 6 heteroatoms. The van der Waals surface area contributed by atoms with Gasteiger partial charge in [0.1, 0.15) is 0 Å². The average molecular weight is 246 g/mol. The van der Waals surface area contributed by atoms with Crippen LogP contribution in [0, 0.1) is 0 Å². The first-order valence-corrected chi connectivity index (χ1v) is 6.13. The van der Waals surface area contributed by atoms with E-state index in [2.05, 4.69) is 16.0 Å². The number of carbonyl (C=O) groups is 1. The SMILES string of the molecule is CNCC(O)CNC(=O)[C@H](CCCCN)NC. The van der Waals surface area contributed by atoms with Gasteiger partial charge < -0.3 is 26.8 Å². The summed E-state index contributed by atoms with van der Waals surface area (Å²) in [5.74, 6) is -0.0697. The van der Waals surface area contributed by atoms with Crippen LogP contribution in [-0.2, 0) is 4.79 Å². The highest BCUT2D eigenvalue weighted by molar-refractivity contribution is 5.81. The molecule has 0 aliphatic carbocycles. The van der Waals surface area contributed by atoms with Crippen LogP contribution >= 0.6 is 0 Å². The van der Waals surface area contributed by atoms with Crippen molar-refractivity contribution in [2.24, 2.45) is 5.73 Å². The molecule has 17 heavy (non-hydrogen) atoms. The van der Waals surface area contributed by atoms with Crippen molar-refractivity contribution in [3.8, 4) is 0 Å². The molecule has 0 rings (SSSR count). The second kappa shape index (κ2) is 10.5. The highest BCUT2D eigenvalue weighted by Crippen LogP contribution is 2.00. The summed E-state index contributed by atoms with van der Waals surface area (Å²) in [5.41, 5.74) is 5.40. The van der Waals surface area contributed by atoms with Gasteiger partial charge in [-0.15, -0.1) is 0 Å². The molecule has 0 saturated carbocycles. The maximum Gasteiger partial charge on any atom is 0.237 e. The van der Waals surface area contributed by atoms with Crippen molar-refractivity contribution in [3.05, 3.63) is 0 Å². The Balaban J connectivity index is 3.82. The fourth-order valence-electron chi connectivity index (χ4n) is 1.55. The van der Waals surface area contributed by atoms with Gasteiger partial charge in [0.05, 0.1) is 12.1 Å². The number of nitrogens with two attached hydrogens (primary N) is 1. The number of hydrogen-bond acceptors (Lipinski definition) is 5. The van der Waals surface area contributed by atoms with Crippen LogP contribution in [0.2, 0.25) is 0 Å². The van der Waals surface area contributed by atoms with Crippen LogP contribution in [0.15, 0.2) is 0 Å². The van der Waals surface area contributed by atoms with Gasteiger partial charge in [-0.05, 0) is 33.5 Å². The minimum Gasteiger partial charge on any atom is -0.390 e. The number of aliphatic hydroxyl groups excluding tert-OH is 1. The zero-order valence-corrected chi connectivity index (χ0v) is 10.8. The molecule has 0 bridgehead atoms. The molecule has 6 nitrogen and oxygen atoms in total. The van der Waals surface area contributed by atoms with Crippen LogP contribution in [0.1, 0.15) is 19.3 Å². The third-order valence-electron chi connectivity index (χ3n) is 2.56. The van der Waals surface area contributed by atoms with Crippen molar-refractivity contribution < 1.29 is 9.90 Å². The van der Waals surface area contributed by atoms with E-state index in [1.165, 1.54) is 0 Å². The Morgan fingerprint density at radius 2 is 2.00 bits per heavy atom. The number of carbonyl (C=O) groups excluding carboxylic acids is 1. The summed E-state index contributed by atoms with van der Waals surface area (Å²) in [4.78, 5) is 11.7. The van der Waals surface area contributed by atoms with Crippen LogP contribution in [0.5, 0.6) is 0 Å². The van der Waals surface area contributed by atoms with Gasteiger partial charge in [0.15, 0.2) is 0 Å². The third-order valence-corrected chi connectivity index (χ3v) is 2.56. The van der Waals surface area contributed by atoms with E-state index in [9.17, 15) is 9.90 Å². The lowest BCUT2D eigenvalue weighted by Gasteiger charge is -2.17. The standard InChI is InChI=1S/C11H26N4O2/c1-13-7-9(16)8-15-11(17)10(14-2)5-3-4-6-12/h9-10,13-14,16H,3-8,12H2,1-2H3,(H,15,17)/t9?,10-/m0/s1. The first-order chi connectivity index (χ1) is 8.15. The molecular weight excluding hydrogens is 220 g/mol. The van der Waals surface area contributed by atoms with Crippen LogP contribution in [0.3, 0.4) is 0 Å². The molecule has 1 amide bonds.